The van der Waals surface area contributed by atoms with Crippen molar-refractivity contribution in [2.24, 2.45) is 0 Å². The number of para-hydroxylation sites is 1. The first kappa shape index (κ1) is 16.0. The van der Waals surface area contributed by atoms with Crippen LogP contribution in [0.4, 0.5) is 10.1 Å². The van der Waals surface area contributed by atoms with E-state index in [1.54, 1.807) is 0 Å². The fraction of sp³-hybridized carbons (Fsp3) is 0.278. The van der Waals surface area contributed by atoms with Crippen LogP contribution in [0, 0.1) is 19.7 Å². The number of hydrogen-bond donors (Lipinski definition) is 1. The van der Waals surface area contributed by atoms with Crippen LogP contribution in [-0.2, 0) is 4.79 Å². The molecule has 4 heteroatoms. The maximum atomic E-state index is 12.9. The third-order valence-corrected chi connectivity index (χ3v) is 3.48. The zero-order valence-electron chi connectivity index (χ0n) is 13.0. The Morgan fingerprint density at radius 2 is 1.73 bits per heavy atom. The highest BCUT2D eigenvalue weighted by atomic mass is 19.1. The van der Waals surface area contributed by atoms with E-state index in [0.717, 1.165) is 16.8 Å². The smallest absolute Gasteiger partial charge is 0.265 e. The van der Waals surface area contributed by atoms with Gasteiger partial charge in [0.15, 0.2) is 6.10 Å². The van der Waals surface area contributed by atoms with Crippen molar-refractivity contribution in [2.45, 2.75) is 33.3 Å². The normalized spacial score (nSPS) is 11.8. The maximum Gasteiger partial charge on any atom is 0.265 e. The second-order valence-electron chi connectivity index (χ2n) is 5.22. The number of anilines is 1. The van der Waals surface area contributed by atoms with Crippen molar-refractivity contribution in [3.8, 4) is 5.75 Å². The van der Waals surface area contributed by atoms with E-state index >= 15 is 0 Å². The molecule has 0 aromatic heterocycles. The Hall–Kier alpha value is -2.36. The van der Waals surface area contributed by atoms with Gasteiger partial charge in [-0.15, -0.1) is 0 Å². The van der Waals surface area contributed by atoms with Crippen molar-refractivity contribution in [3.63, 3.8) is 0 Å². The molecule has 0 bridgehead atoms. The number of rotatable bonds is 5. The molecular formula is C18H20FNO2. The summed E-state index contributed by atoms with van der Waals surface area (Å²) in [5.41, 5.74) is 2.82. The van der Waals surface area contributed by atoms with Crippen LogP contribution in [0.15, 0.2) is 42.5 Å². The third-order valence-electron chi connectivity index (χ3n) is 3.48. The van der Waals surface area contributed by atoms with Crippen LogP contribution in [0.5, 0.6) is 5.75 Å². The molecule has 1 amide bonds. The molecule has 1 atom stereocenters. The fourth-order valence-corrected chi connectivity index (χ4v) is 2.21. The van der Waals surface area contributed by atoms with Crippen LogP contribution in [0.2, 0.25) is 0 Å². The van der Waals surface area contributed by atoms with Crippen LogP contribution >= 0.6 is 0 Å². The van der Waals surface area contributed by atoms with Gasteiger partial charge in [-0.1, -0.05) is 25.1 Å². The van der Waals surface area contributed by atoms with Crippen LogP contribution in [0.25, 0.3) is 0 Å². The number of halogens is 1. The second-order valence-corrected chi connectivity index (χ2v) is 5.22. The van der Waals surface area contributed by atoms with Crippen molar-refractivity contribution in [2.75, 3.05) is 5.32 Å². The quantitative estimate of drug-likeness (QED) is 0.897. The van der Waals surface area contributed by atoms with Crippen LogP contribution in [-0.4, -0.2) is 12.0 Å². The van der Waals surface area contributed by atoms with Crippen molar-refractivity contribution < 1.29 is 13.9 Å². The summed E-state index contributed by atoms with van der Waals surface area (Å²) >= 11 is 0. The summed E-state index contributed by atoms with van der Waals surface area (Å²) in [4.78, 5) is 12.4. The van der Waals surface area contributed by atoms with E-state index in [2.05, 4.69) is 5.32 Å². The molecule has 3 nitrogen and oxygen atoms in total. The molecule has 0 radical (unpaired) electrons. The monoisotopic (exact) mass is 301 g/mol. The number of carbonyl (C=O) groups is 1. The lowest BCUT2D eigenvalue weighted by molar-refractivity contribution is -0.122. The highest BCUT2D eigenvalue weighted by molar-refractivity contribution is 5.95. The van der Waals surface area contributed by atoms with E-state index in [0.29, 0.717) is 12.2 Å². The van der Waals surface area contributed by atoms with Gasteiger partial charge < -0.3 is 10.1 Å². The van der Waals surface area contributed by atoms with Gasteiger partial charge in [0, 0.05) is 5.69 Å². The van der Waals surface area contributed by atoms with Gasteiger partial charge in [0.05, 0.1) is 0 Å². The Kier molecular flexibility index (Phi) is 5.15. The van der Waals surface area contributed by atoms with Crippen molar-refractivity contribution in [1.82, 2.24) is 0 Å². The first-order valence-electron chi connectivity index (χ1n) is 7.30. The highest BCUT2D eigenvalue weighted by Crippen LogP contribution is 2.21. The standard InChI is InChI=1S/C18H20FNO2/c1-4-16(22-15-10-8-14(19)9-11-15)18(21)20-17-12(2)6-5-7-13(17)3/h5-11,16H,4H2,1-3H3,(H,20,21)/t16-/m0/s1. The third kappa shape index (κ3) is 3.85. The minimum Gasteiger partial charge on any atom is -0.481 e. The maximum absolute atomic E-state index is 12.9. The van der Waals surface area contributed by atoms with Gasteiger partial charge in [0.2, 0.25) is 0 Å². The van der Waals surface area contributed by atoms with Crippen molar-refractivity contribution in [3.05, 3.63) is 59.4 Å². The van der Waals surface area contributed by atoms with E-state index in [-0.39, 0.29) is 11.7 Å². The fourth-order valence-electron chi connectivity index (χ4n) is 2.21. The van der Waals surface area contributed by atoms with Crippen molar-refractivity contribution in [1.29, 1.82) is 0 Å². The van der Waals surface area contributed by atoms with Crippen LogP contribution in [0.1, 0.15) is 24.5 Å². The number of nitrogens with one attached hydrogen (secondary N) is 1. The Morgan fingerprint density at radius 3 is 2.27 bits per heavy atom. The molecule has 0 fully saturated rings. The van der Waals surface area contributed by atoms with E-state index < -0.39 is 6.10 Å². The van der Waals surface area contributed by atoms with Crippen LogP contribution < -0.4 is 10.1 Å². The molecule has 2 aromatic rings. The Balaban J connectivity index is 2.10. The van der Waals surface area contributed by atoms with Crippen molar-refractivity contribution >= 4 is 11.6 Å². The molecule has 116 valence electrons. The van der Waals surface area contributed by atoms with E-state index in [4.69, 9.17) is 4.74 Å². The van der Waals surface area contributed by atoms with E-state index in [1.807, 2.05) is 39.0 Å². The van der Waals surface area contributed by atoms with Gasteiger partial charge in [0.1, 0.15) is 11.6 Å². The number of aryl methyl sites for hydroxylation is 2. The van der Waals surface area contributed by atoms with E-state index in [1.165, 1.54) is 24.3 Å². The molecule has 0 aliphatic rings. The predicted octanol–water partition coefficient (Wildman–Crippen LogP) is 4.24. The predicted molar refractivity (Wildman–Crippen MR) is 85.7 cm³/mol. The summed E-state index contributed by atoms with van der Waals surface area (Å²) in [7, 11) is 0. The molecule has 0 aliphatic heterocycles. The molecule has 0 spiro atoms. The van der Waals surface area contributed by atoms with Gasteiger partial charge >= 0.3 is 0 Å². The number of ether oxygens (including phenoxy) is 1. The summed E-state index contributed by atoms with van der Waals surface area (Å²) in [6, 6.07) is 11.5. The summed E-state index contributed by atoms with van der Waals surface area (Å²) in [6.45, 7) is 5.77. The minimum atomic E-state index is -0.621. The number of benzene rings is 2. The molecule has 1 N–H and O–H groups in total. The summed E-state index contributed by atoms with van der Waals surface area (Å²) in [5.74, 6) is -0.0606. The summed E-state index contributed by atoms with van der Waals surface area (Å²) in [5, 5.41) is 2.92. The van der Waals surface area contributed by atoms with Gasteiger partial charge in [-0.25, -0.2) is 4.39 Å². The lowest BCUT2D eigenvalue weighted by Crippen LogP contribution is -2.32. The molecule has 0 aliphatic carbocycles. The Morgan fingerprint density at radius 1 is 1.14 bits per heavy atom. The van der Waals surface area contributed by atoms with Crippen LogP contribution in [0.3, 0.4) is 0 Å². The second kappa shape index (κ2) is 7.07. The van der Waals surface area contributed by atoms with Gasteiger partial charge in [-0.3, -0.25) is 4.79 Å². The lowest BCUT2D eigenvalue weighted by atomic mass is 10.1. The number of hydrogen-bond acceptors (Lipinski definition) is 2. The van der Waals surface area contributed by atoms with Gasteiger partial charge in [-0.2, -0.15) is 0 Å². The Labute approximate surface area is 130 Å². The average molecular weight is 301 g/mol. The molecule has 0 saturated heterocycles. The molecule has 0 unspecified atom stereocenters. The SMILES string of the molecule is CC[C@H](Oc1ccc(F)cc1)C(=O)Nc1c(C)cccc1C. The average Bonchev–Trinajstić information content (AvgIpc) is 2.50. The molecule has 2 aromatic carbocycles. The lowest BCUT2D eigenvalue weighted by Gasteiger charge is -2.19. The molecule has 2 rings (SSSR count). The van der Waals surface area contributed by atoms with Gasteiger partial charge in [0.25, 0.3) is 5.91 Å². The number of amides is 1. The topological polar surface area (TPSA) is 38.3 Å². The molecule has 0 heterocycles. The Bertz CT molecular complexity index is 632. The zero-order chi connectivity index (χ0) is 16.1. The first-order chi connectivity index (χ1) is 10.5. The zero-order valence-corrected chi connectivity index (χ0v) is 13.0. The summed E-state index contributed by atoms with van der Waals surface area (Å²) < 4.78 is 18.6. The first-order valence-corrected chi connectivity index (χ1v) is 7.30. The molecular weight excluding hydrogens is 281 g/mol. The summed E-state index contributed by atoms with van der Waals surface area (Å²) in [6.07, 6.45) is -0.0989. The van der Waals surface area contributed by atoms with Gasteiger partial charge in [-0.05, 0) is 55.7 Å². The van der Waals surface area contributed by atoms with E-state index in [9.17, 15) is 9.18 Å². The highest BCUT2D eigenvalue weighted by Gasteiger charge is 2.19. The number of carbonyl (C=O) groups excluding carboxylic acids is 1. The largest absolute Gasteiger partial charge is 0.481 e. The minimum absolute atomic E-state index is 0.204. The molecule has 0 saturated carbocycles. The molecule has 22 heavy (non-hydrogen) atoms.